The molecule has 0 radical (unpaired) electrons. The van der Waals surface area contributed by atoms with E-state index < -0.39 is 28.5 Å². The van der Waals surface area contributed by atoms with Gasteiger partial charge in [0.25, 0.3) is 10.0 Å². The molecular weight excluding hydrogens is 534 g/mol. The van der Waals surface area contributed by atoms with Gasteiger partial charge in [0, 0.05) is 18.1 Å². The molecule has 0 aliphatic rings. The van der Waals surface area contributed by atoms with E-state index in [-0.39, 0.29) is 23.0 Å². The summed E-state index contributed by atoms with van der Waals surface area (Å²) in [6, 6.07) is 19.6. The van der Waals surface area contributed by atoms with E-state index in [0.717, 1.165) is 33.8 Å². The van der Waals surface area contributed by atoms with E-state index >= 15 is 0 Å². The Hall–Kier alpha value is -3.36. The number of aryl methyl sites for hydroxylation is 2. The largest absolute Gasteiger partial charge is 0.354 e. The molecule has 0 aliphatic heterocycles. The summed E-state index contributed by atoms with van der Waals surface area (Å²) >= 11 is 6.36. The Morgan fingerprint density at radius 3 is 2.26 bits per heavy atom. The van der Waals surface area contributed by atoms with Crippen LogP contribution in [0.15, 0.2) is 77.7 Å². The summed E-state index contributed by atoms with van der Waals surface area (Å²) in [5.41, 5.74) is 2.88. The highest BCUT2D eigenvalue weighted by Crippen LogP contribution is 2.28. The Morgan fingerprint density at radius 2 is 1.62 bits per heavy atom. The Labute approximate surface area is 236 Å². The first kappa shape index (κ1) is 30.2. The Kier molecular flexibility index (Phi) is 10.5. The van der Waals surface area contributed by atoms with Crippen LogP contribution in [0.25, 0.3) is 0 Å². The zero-order valence-corrected chi connectivity index (χ0v) is 24.4. The molecule has 3 aromatic rings. The molecule has 2 amide bonds. The van der Waals surface area contributed by atoms with E-state index in [2.05, 4.69) is 5.32 Å². The minimum atomic E-state index is -4.13. The van der Waals surface area contributed by atoms with Crippen LogP contribution in [0.2, 0.25) is 5.02 Å². The van der Waals surface area contributed by atoms with Gasteiger partial charge in [0.15, 0.2) is 0 Å². The fraction of sp³-hybridized carbons (Fsp3) is 0.333. The van der Waals surface area contributed by atoms with Crippen LogP contribution in [0.1, 0.15) is 43.4 Å². The minimum absolute atomic E-state index is 0.0466. The van der Waals surface area contributed by atoms with Crippen LogP contribution in [0.5, 0.6) is 0 Å². The molecule has 0 spiro atoms. The standard InChI is InChI=1S/C30H36ClN3O4S/c1-5-6-18-32-30(36)24(4)33(20-25-13-11-10-12-22(25)2)29(35)21-34(26-17-16-23(3)28(31)19-26)39(37,38)27-14-8-7-9-15-27/h7-17,19,24H,5-6,18,20-21H2,1-4H3,(H,32,36)/t24-/m1/s1. The number of rotatable bonds is 12. The van der Waals surface area contributed by atoms with Crippen molar-refractivity contribution in [3.63, 3.8) is 0 Å². The fourth-order valence-electron chi connectivity index (χ4n) is 4.08. The van der Waals surface area contributed by atoms with Crippen LogP contribution in [-0.2, 0) is 26.2 Å². The first-order chi connectivity index (χ1) is 18.6. The summed E-state index contributed by atoms with van der Waals surface area (Å²) in [7, 11) is -4.13. The van der Waals surface area contributed by atoms with Gasteiger partial charge in [-0.3, -0.25) is 13.9 Å². The molecule has 0 heterocycles. The number of unbranched alkanes of at least 4 members (excludes halogenated alkanes) is 1. The summed E-state index contributed by atoms with van der Waals surface area (Å²) in [6.07, 6.45) is 1.74. The van der Waals surface area contributed by atoms with Crippen molar-refractivity contribution in [2.24, 2.45) is 0 Å². The van der Waals surface area contributed by atoms with Crippen LogP contribution >= 0.6 is 11.6 Å². The summed E-state index contributed by atoms with van der Waals surface area (Å²) in [5.74, 6) is -0.797. The smallest absolute Gasteiger partial charge is 0.264 e. The molecule has 0 saturated heterocycles. The molecule has 0 fully saturated rings. The van der Waals surface area contributed by atoms with Crippen molar-refractivity contribution in [1.29, 1.82) is 0 Å². The van der Waals surface area contributed by atoms with Crippen LogP contribution in [0.3, 0.4) is 0 Å². The molecule has 39 heavy (non-hydrogen) atoms. The van der Waals surface area contributed by atoms with Crippen molar-refractivity contribution in [1.82, 2.24) is 10.2 Å². The van der Waals surface area contributed by atoms with Crippen molar-refractivity contribution in [3.05, 3.63) is 94.5 Å². The number of nitrogens with one attached hydrogen (secondary N) is 1. The SMILES string of the molecule is CCCCNC(=O)[C@@H](C)N(Cc1ccccc1C)C(=O)CN(c1ccc(C)c(Cl)c1)S(=O)(=O)c1ccccc1. The van der Waals surface area contributed by atoms with E-state index in [0.29, 0.717) is 11.6 Å². The molecule has 0 saturated carbocycles. The predicted molar refractivity (Wildman–Crippen MR) is 156 cm³/mol. The lowest BCUT2D eigenvalue weighted by atomic mass is 10.1. The number of carbonyl (C=O) groups is 2. The molecule has 3 aromatic carbocycles. The number of halogens is 1. The van der Waals surface area contributed by atoms with Crippen LogP contribution < -0.4 is 9.62 Å². The number of carbonyl (C=O) groups excluding carboxylic acids is 2. The van der Waals surface area contributed by atoms with Gasteiger partial charge in [0.1, 0.15) is 12.6 Å². The monoisotopic (exact) mass is 569 g/mol. The van der Waals surface area contributed by atoms with E-state index in [4.69, 9.17) is 11.6 Å². The molecular formula is C30H36ClN3O4S. The van der Waals surface area contributed by atoms with Gasteiger partial charge in [-0.15, -0.1) is 0 Å². The van der Waals surface area contributed by atoms with Crippen molar-refractivity contribution in [3.8, 4) is 0 Å². The number of benzene rings is 3. The van der Waals surface area contributed by atoms with Gasteiger partial charge < -0.3 is 10.2 Å². The van der Waals surface area contributed by atoms with Gasteiger partial charge in [0.05, 0.1) is 10.6 Å². The topological polar surface area (TPSA) is 86.8 Å². The fourth-order valence-corrected chi connectivity index (χ4v) is 5.68. The quantitative estimate of drug-likeness (QED) is 0.292. The maximum Gasteiger partial charge on any atom is 0.264 e. The third kappa shape index (κ3) is 7.61. The van der Waals surface area contributed by atoms with Crippen molar-refractivity contribution < 1.29 is 18.0 Å². The van der Waals surface area contributed by atoms with Crippen LogP contribution in [0, 0.1) is 13.8 Å². The van der Waals surface area contributed by atoms with Crippen molar-refractivity contribution >= 4 is 39.1 Å². The second-order valence-electron chi connectivity index (χ2n) is 9.53. The summed E-state index contributed by atoms with van der Waals surface area (Å²) in [4.78, 5) is 28.5. The average molecular weight is 570 g/mol. The van der Waals surface area contributed by atoms with Crippen LogP contribution in [-0.4, -0.2) is 44.3 Å². The summed E-state index contributed by atoms with van der Waals surface area (Å²) in [6.45, 7) is 7.60. The van der Waals surface area contributed by atoms with E-state index in [1.165, 1.54) is 23.1 Å². The zero-order valence-electron chi connectivity index (χ0n) is 22.9. The first-order valence-corrected chi connectivity index (χ1v) is 14.8. The molecule has 1 atom stereocenters. The third-order valence-corrected chi connectivity index (χ3v) is 8.85. The van der Waals surface area contributed by atoms with Gasteiger partial charge in [-0.1, -0.05) is 73.5 Å². The van der Waals surface area contributed by atoms with Crippen LogP contribution in [0.4, 0.5) is 5.69 Å². The number of sulfonamides is 1. The summed E-state index contributed by atoms with van der Waals surface area (Å²) < 4.78 is 28.7. The number of amides is 2. The normalized spacial score (nSPS) is 12.0. The third-order valence-electron chi connectivity index (χ3n) is 6.65. The van der Waals surface area contributed by atoms with Gasteiger partial charge in [-0.05, 0) is 68.1 Å². The maximum atomic E-state index is 14.0. The Morgan fingerprint density at radius 1 is 0.949 bits per heavy atom. The molecule has 0 aromatic heterocycles. The van der Waals surface area contributed by atoms with Gasteiger partial charge in [-0.2, -0.15) is 0 Å². The highest BCUT2D eigenvalue weighted by molar-refractivity contribution is 7.92. The molecule has 208 valence electrons. The van der Waals surface area contributed by atoms with Gasteiger partial charge >= 0.3 is 0 Å². The molecule has 0 unspecified atom stereocenters. The van der Waals surface area contributed by atoms with E-state index in [1.54, 1.807) is 37.3 Å². The molecule has 9 heteroatoms. The maximum absolute atomic E-state index is 14.0. The average Bonchev–Trinajstić information content (AvgIpc) is 2.92. The van der Waals surface area contributed by atoms with Gasteiger partial charge in [-0.25, -0.2) is 8.42 Å². The summed E-state index contributed by atoms with van der Waals surface area (Å²) in [5, 5.41) is 3.27. The Balaban J connectivity index is 2.02. The lowest BCUT2D eigenvalue weighted by Crippen LogP contribution is -2.51. The van der Waals surface area contributed by atoms with E-state index in [1.807, 2.05) is 45.0 Å². The lowest BCUT2D eigenvalue weighted by Gasteiger charge is -2.32. The number of hydrogen-bond donors (Lipinski definition) is 1. The number of nitrogens with zero attached hydrogens (tertiary/aromatic N) is 2. The molecule has 0 aliphatic carbocycles. The van der Waals surface area contributed by atoms with Crippen molar-refractivity contribution in [2.45, 2.75) is 58.0 Å². The number of anilines is 1. The Bertz CT molecular complexity index is 1400. The molecule has 1 N–H and O–H groups in total. The zero-order chi connectivity index (χ0) is 28.6. The molecule has 0 bridgehead atoms. The predicted octanol–water partition coefficient (Wildman–Crippen LogP) is 5.49. The molecule has 3 rings (SSSR count). The highest BCUT2D eigenvalue weighted by atomic mass is 35.5. The first-order valence-electron chi connectivity index (χ1n) is 13.0. The van der Waals surface area contributed by atoms with Gasteiger partial charge in [0.2, 0.25) is 11.8 Å². The minimum Gasteiger partial charge on any atom is -0.354 e. The second-order valence-corrected chi connectivity index (χ2v) is 11.8. The van der Waals surface area contributed by atoms with Crippen molar-refractivity contribution in [2.75, 3.05) is 17.4 Å². The lowest BCUT2D eigenvalue weighted by molar-refractivity contribution is -0.139. The molecule has 7 nitrogen and oxygen atoms in total. The highest BCUT2D eigenvalue weighted by Gasteiger charge is 2.32. The second kappa shape index (κ2) is 13.6. The van der Waals surface area contributed by atoms with E-state index in [9.17, 15) is 18.0 Å². The number of hydrogen-bond acceptors (Lipinski definition) is 4.